The average Bonchev–Trinajstić information content (AvgIpc) is 2.35. The van der Waals surface area contributed by atoms with E-state index in [0.29, 0.717) is 5.69 Å². The van der Waals surface area contributed by atoms with Gasteiger partial charge in [-0.05, 0) is 46.6 Å². The summed E-state index contributed by atoms with van der Waals surface area (Å²) in [7, 11) is 0. The first-order chi connectivity index (χ1) is 8.65. The molecule has 0 saturated carbocycles. The Bertz CT molecular complexity index is 554. The molecular formula is C13H12BrN3O. The molecule has 0 aliphatic heterocycles. The van der Waals surface area contributed by atoms with E-state index in [2.05, 4.69) is 31.2 Å². The van der Waals surface area contributed by atoms with Gasteiger partial charge < -0.3 is 5.32 Å². The third-order valence-electron chi connectivity index (χ3n) is 2.46. The van der Waals surface area contributed by atoms with E-state index in [9.17, 15) is 4.79 Å². The second kappa shape index (κ2) is 5.73. The van der Waals surface area contributed by atoms with Gasteiger partial charge in [0, 0.05) is 6.20 Å². The lowest BCUT2D eigenvalue weighted by Crippen LogP contribution is -2.15. The average molecular weight is 306 g/mol. The first-order valence-corrected chi connectivity index (χ1v) is 6.26. The van der Waals surface area contributed by atoms with Crippen molar-refractivity contribution in [3.63, 3.8) is 0 Å². The lowest BCUT2D eigenvalue weighted by atomic mass is 10.1. The molecule has 0 bridgehead atoms. The van der Waals surface area contributed by atoms with Crippen LogP contribution in [0, 0.1) is 6.92 Å². The van der Waals surface area contributed by atoms with Crippen molar-refractivity contribution in [3.8, 4) is 0 Å². The van der Waals surface area contributed by atoms with Crippen LogP contribution < -0.4 is 5.32 Å². The van der Waals surface area contributed by atoms with Gasteiger partial charge in [0.05, 0.1) is 24.0 Å². The zero-order valence-corrected chi connectivity index (χ0v) is 11.4. The molecule has 0 atom stereocenters. The molecule has 5 heteroatoms. The maximum absolute atomic E-state index is 11.8. The molecule has 18 heavy (non-hydrogen) atoms. The lowest BCUT2D eigenvalue weighted by molar-refractivity contribution is -0.115. The van der Waals surface area contributed by atoms with Crippen LogP contribution in [-0.2, 0) is 11.2 Å². The van der Waals surface area contributed by atoms with E-state index in [1.54, 1.807) is 24.5 Å². The number of hydrogen-bond acceptors (Lipinski definition) is 3. The van der Waals surface area contributed by atoms with E-state index in [0.717, 1.165) is 15.9 Å². The summed E-state index contributed by atoms with van der Waals surface area (Å²) in [5.74, 6) is -0.0964. The molecule has 2 aromatic rings. The van der Waals surface area contributed by atoms with E-state index >= 15 is 0 Å². The Morgan fingerprint density at radius 2 is 2.17 bits per heavy atom. The zero-order valence-electron chi connectivity index (χ0n) is 9.85. The highest BCUT2D eigenvalue weighted by Crippen LogP contribution is 2.11. The van der Waals surface area contributed by atoms with Gasteiger partial charge >= 0.3 is 0 Å². The predicted octanol–water partition coefficient (Wildman–Crippen LogP) is 2.73. The second-order valence-corrected chi connectivity index (χ2v) is 4.67. The number of aromatic nitrogens is 2. The Hall–Kier alpha value is -1.75. The van der Waals surface area contributed by atoms with Crippen LogP contribution in [0.5, 0.6) is 0 Å². The predicted molar refractivity (Wildman–Crippen MR) is 73.2 cm³/mol. The topological polar surface area (TPSA) is 54.9 Å². The minimum atomic E-state index is -0.0964. The van der Waals surface area contributed by atoms with Crippen molar-refractivity contribution in [2.24, 2.45) is 0 Å². The van der Waals surface area contributed by atoms with Crippen molar-refractivity contribution in [2.75, 3.05) is 5.32 Å². The number of amides is 1. The molecule has 0 fully saturated rings. The Kier molecular flexibility index (Phi) is 4.04. The fourth-order valence-corrected chi connectivity index (χ4v) is 1.75. The van der Waals surface area contributed by atoms with Crippen LogP contribution >= 0.6 is 15.9 Å². The second-order valence-electron chi connectivity index (χ2n) is 3.86. The van der Waals surface area contributed by atoms with E-state index in [1.165, 1.54) is 0 Å². The molecular weight excluding hydrogens is 294 g/mol. The molecule has 0 radical (unpaired) electrons. The minimum absolute atomic E-state index is 0.0964. The van der Waals surface area contributed by atoms with E-state index in [-0.39, 0.29) is 12.3 Å². The normalized spacial score (nSPS) is 10.1. The Morgan fingerprint density at radius 1 is 1.33 bits per heavy atom. The van der Waals surface area contributed by atoms with Crippen LogP contribution in [0.3, 0.4) is 0 Å². The monoisotopic (exact) mass is 305 g/mol. The fraction of sp³-hybridized carbons (Fsp3) is 0.154. The molecule has 0 saturated heterocycles. The van der Waals surface area contributed by atoms with Gasteiger partial charge in [-0.1, -0.05) is 6.07 Å². The van der Waals surface area contributed by atoms with Crippen LogP contribution in [-0.4, -0.2) is 15.9 Å². The van der Waals surface area contributed by atoms with Crippen molar-refractivity contribution in [3.05, 3.63) is 52.5 Å². The highest BCUT2D eigenvalue weighted by Gasteiger charge is 2.07. The molecule has 0 unspecified atom stereocenters. The molecule has 1 amide bonds. The number of carbonyl (C=O) groups excluding carboxylic acids is 1. The largest absolute Gasteiger partial charge is 0.324 e. The summed E-state index contributed by atoms with van der Waals surface area (Å²) in [6, 6.07) is 7.37. The zero-order chi connectivity index (χ0) is 13.0. The maximum atomic E-state index is 11.8. The van der Waals surface area contributed by atoms with Crippen LogP contribution in [0.1, 0.15) is 11.3 Å². The summed E-state index contributed by atoms with van der Waals surface area (Å²) >= 11 is 3.24. The van der Waals surface area contributed by atoms with Crippen LogP contribution in [0.2, 0.25) is 0 Å². The molecule has 2 aromatic heterocycles. The highest BCUT2D eigenvalue weighted by molar-refractivity contribution is 9.10. The van der Waals surface area contributed by atoms with Gasteiger partial charge in [0.25, 0.3) is 0 Å². The van der Waals surface area contributed by atoms with Gasteiger partial charge in [-0.15, -0.1) is 0 Å². The molecule has 0 aromatic carbocycles. The summed E-state index contributed by atoms with van der Waals surface area (Å²) in [6.07, 6.45) is 3.56. The molecule has 92 valence electrons. The standard InChI is InChI=1S/C13H12BrN3O/c1-9-3-2-6-15-11(9)7-13(18)17-10-4-5-12(14)16-8-10/h2-6,8H,7H2,1H3,(H,17,18). The van der Waals surface area contributed by atoms with Crippen molar-refractivity contribution < 1.29 is 4.79 Å². The number of carbonyl (C=O) groups is 1. The Balaban J connectivity index is 2.01. The van der Waals surface area contributed by atoms with E-state index < -0.39 is 0 Å². The van der Waals surface area contributed by atoms with Gasteiger partial charge in [0.1, 0.15) is 4.60 Å². The smallest absolute Gasteiger partial charge is 0.230 e. The maximum Gasteiger partial charge on any atom is 0.230 e. The third kappa shape index (κ3) is 3.37. The molecule has 2 rings (SSSR count). The lowest BCUT2D eigenvalue weighted by Gasteiger charge is -2.06. The summed E-state index contributed by atoms with van der Waals surface area (Å²) in [4.78, 5) is 20.1. The SMILES string of the molecule is Cc1cccnc1CC(=O)Nc1ccc(Br)nc1. The summed E-state index contributed by atoms with van der Waals surface area (Å²) in [5, 5.41) is 2.78. The van der Waals surface area contributed by atoms with Gasteiger partial charge in [0.2, 0.25) is 5.91 Å². The van der Waals surface area contributed by atoms with Crippen molar-refractivity contribution in [1.82, 2.24) is 9.97 Å². The number of halogens is 1. The fourth-order valence-electron chi connectivity index (χ4n) is 1.51. The molecule has 0 aliphatic rings. The van der Waals surface area contributed by atoms with Crippen molar-refractivity contribution >= 4 is 27.5 Å². The molecule has 1 N–H and O–H groups in total. The molecule has 4 nitrogen and oxygen atoms in total. The summed E-state index contributed by atoms with van der Waals surface area (Å²) < 4.78 is 0.737. The quantitative estimate of drug-likeness (QED) is 0.887. The number of nitrogens with one attached hydrogen (secondary N) is 1. The molecule has 0 aliphatic carbocycles. The van der Waals surface area contributed by atoms with Crippen molar-refractivity contribution in [1.29, 1.82) is 0 Å². The Morgan fingerprint density at radius 3 is 2.83 bits per heavy atom. The van der Waals surface area contributed by atoms with Gasteiger partial charge in [0.15, 0.2) is 0 Å². The highest BCUT2D eigenvalue weighted by atomic mass is 79.9. The summed E-state index contributed by atoms with van der Waals surface area (Å²) in [6.45, 7) is 1.94. The minimum Gasteiger partial charge on any atom is -0.324 e. The van der Waals surface area contributed by atoms with E-state index in [1.807, 2.05) is 19.1 Å². The van der Waals surface area contributed by atoms with E-state index in [4.69, 9.17) is 0 Å². The van der Waals surface area contributed by atoms with Gasteiger partial charge in [-0.3, -0.25) is 9.78 Å². The number of nitrogens with zero attached hydrogens (tertiary/aromatic N) is 2. The number of aryl methyl sites for hydroxylation is 1. The van der Waals surface area contributed by atoms with Crippen LogP contribution in [0.15, 0.2) is 41.3 Å². The Labute approximate surface area is 114 Å². The van der Waals surface area contributed by atoms with Crippen LogP contribution in [0.25, 0.3) is 0 Å². The van der Waals surface area contributed by atoms with Gasteiger partial charge in [-0.2, -0.15) is 0 Å². The third-order valence-corrected chi connectivity index (χ3v) is 2.93. The number of hydrogen-bond donors (Lipinski definition) is 1. The first kappa shape index (κ1) is 12.7. The van der Waals surface area contributed by atoms with Crippen molar-refractivity contribution in [2.45, 2.75) is 13.3 Å². The first-order valence-electron chi connectivity index (χ1n) is 5.47. The summed E-state index contributed by atoms with van der Waals surface area (Å²) in [5.41, 5.74) is 2.48. The molecule has 2 heterocycles. The van der Waals surface area contributed by atoms with Crippen LogP contribution in [0.4, 0.5) is 5.69 Å². The molecule has 0 spiro atoms. The number of pyridine rings is 2. The number of anilines is 1. The van der Waals surface area contributed by atoms with Gasteiger partial charge in [-0.25, -0.2) is 4.98 Å². The number of rotatable bonds is 3.